The van der Waals surface area contributed by atoms with E-state index in [4.69, 9.17) is 4.74 Å². The van der Waals surface area contributed by atoms with E-state index in [2.05, 4.69) is 16.2 Å². The summed E-state index contributed by atoms with van der Waals surface area (Å²) >= 11 is 0. The Morgan fingerprint density at radius 1 is 0.767 bits per heavy atom. The first-order valence-electron chi connectivity index (χ1n) is 9.06. The van der Waals surface area contributed by atoms with Crippen LogP contribution in [-0.2, 0) is 19.1 Å². The number of ketones is 1. The van der Waals surface area contributed by atoms with Crippen LogP contribution < -0.4 is 16.2 Å². The minimum absolute atomic E-state index is 0.0922. The summed E-state index contributed by atoms with van der Waals surface area (Å²) in [4.78, 5) is 58.2. The molecule has 0 saturated heterocycles. The average molecular weight is 411 g/mol. The summed E-state index contributed by atoms with van der Waals surface area (Å²) in [6.07, 6.45) is -0.477. The number of hydrogen-bond donors (Lipinski definition) is 3. The number of rotatable bonds is 8. The predicted octanol–water partition coefficient (Wildman–Crippen LogP) is 1.61. The molecule has 0 atom stereocenters. The lowest BCUT2D eigenvalue weighted by atomic mass is 10.1. The van der Waals surface area contributed by atoms with Crippen LogP contribution in [-0.4, -0.2) is 36.1 Å². The van der Waals surface area contributed by atoms with Crippen molar-refractivity contribution < 1.29 is 28.7 Å². The maximum absolute atomic E-state index is 11.8. The van der Waals surface area contributed by atoms with E-state index in [1.807, 2.05) is 0 Å². The molecule has 0 aliphatic carbocycles. The van der Waals surface area contributed by atoms with Crippen LogP contribution >= 0.6 is 0 Å². The lowest BCUT2D eigenvalue weighted by Crippen LogP contribution is -2.41. The zero-order chi connectivity index (χ0) is 21.9. The van der Waals surface area contributed by atoms with Crippen LogP contribution in [0.5, 0.6) is 0 Å². The van der Waals surface area contributed by atoms with Gasteiger partial charge in [-0.05, 0) is 43.3 Å². The standard InChI is InChI=1S/C21H21N3O6/c1-14(25)15-7-9-17(10-8-15)22-19(27)13-30-20(28)12-11-18(26)23-24-21(29)16-5-3-2-4-6-16/h2-10H,11-13H2,1H3,(H,22,27)(H,23,26)(H,24,29). The molecule has 0 heterocycles. The number of amides is 3. The van der Waals surface area contributed by atoms with Crippen molar-refractivity contribution in [3.63, 3.8) is 0 Å². The first kappa shape index (κ1) is 22.3. The van der Waals surface area contributed by atoms with Gasteiger partial charge in [0, 0.05) is 23.2 Å². The van der Waals surface area contributed by atoms with Gasteiger partial charge in [-0.2, -0.15) is 0 Å². The first-order chi connectivity index (χ1) is 14.3. The maximum Gasteiger partial charge on any atom is 0.306 e. The predicted molar refractivity (Wildman–Crippen MR) is 107 cm³/mol. The molecule has 0 fully saturated rings. The average Bonchev–Trinajstić information content (AvgIpc) is 2.75. The number of Topliss-reactive ketones (excluding diaryl/α,β-unsaturated/α-hetero) is 1. The highest BCUT2D eigenvalue weighted by Crippen LogP contribution is 2.10. The molecule has 156 valence electrons. The second-order valence-corrected chi connectivity index (χ2v) is 6.21. The van der Waals surface area contributed by atoms with Crippen molar-refractivity contribution in [3.8, 4) is 0 Å². The zero-order valence-electron chi connectivity index (χ0n) is 16.3. The minimum atomic E-state index is -0.735. The fourth-order valence-corrected chi connectivity index (χ4v) is 2.27. The quantitative estimate of drug-likeness (QED) is 0.344. The topological polar surface area (TPSA) is 131 Å². The lowest BCUT2D eigenvalue weighted by molar-refractivity contribution is -0.148. The molecule has 2 aromatic carbocycles. The number of anilines is 1. The molecule has 0 aromatic heterocycles. The Bertz CT molecular complexity index is 926. The Morgan fingerprint density at radius 3 is 2.07 bits per heavy atom. The molecule has 2 aromatic rings. The SMILES string of the molecule is CC(=O)c1ccc(NC(=O)COC(=O)CCC(=O)NNC(=O)c2ccccc2)cc1. The van der Waals surface area contributed by atoms with Gasteiger partial charge in [-0.3, -0.25) is 34.8 Å². The molecule has 30 heavy (non-hydrogen) atoms. The Morgan fingerprint density at radius 2 is 1.43 bits per heavy atom. The second-order valence-electron chi connectivity index (χ2n) is 6.21. The fraction of sp³-hybridized carbons (Fsp3) is 0.190. The van der Waals surface area contributed by atoms with Crippen LogP contribution in [0.1, 0.15) is 40.5 Å². The molecule has 0 aliphatic rings. The maximum atomic E-state index is 11.8. The van der Waals surface area contributed by atoms with Crippen LogP contribution in [0.25, 0.3) is 0 Å². The Balaban J connectivity index is 1.64. The summed E-state index contributed by atoms with van der Waals surface area (Å²) in [5.41, 5.74) is 5.77. The van der Waals surface area contributed by atoms with Gasteiger partial charge in [-0.15, -0.1) is 0 Å². The van der Waals surface area contributed by atoms with Gasteiger partial charge in [-0.1, -0.05) is 18.2 Å². The Hall–Kier alpha value is -4.01. The summed E-state index contributed by atoms with van der Waals surface area (Å²) in [7, 11) is 0. The third-order valence-corrected chi connectivity index (χ3v) is 3.85. The van der Waals surface area contributed by atoms with Crippen LogP contribution in [0, 0.1) is 0 Å². The highest BCUT2D eigenvalue weighted by molar-refractivity contribution is 5.97. The van der Waals surface area contributed by atoms with Crippen LogP contribution in [0.2, 0.25) is 0 Å². The second kappa shape index (κ2) is 11.1. The van der Waals surface area contributed by atoms with Crippen molar-refractivity contribution >= 4 is 35.2 Å². The van der Waals surface area contributed by atoms with Crippen molar-refractivity contribution in [2.45, 2.75) is 19.8 Å². The molecule has 3 amide bonds. The molecule has 0 bridgehead atoms. The van der Waals surface area contributed by atoms with Gasteiger partial charge < -0.3 is 10.1 Å². The molecule has 9 heteroatoms. The van der Waals surface area contributed by atoms with E-state index in [0.29, 0.717) is 16.8 Å². The number of hydrazine groups is 1. The molecule has 0 spiro atoms. The van der Waals surface area contributed by atoms with E-state index in [0.717, 1.165) is 0 Å². The van der Waals surface area contributed by atoms with E-state index in [-0.39, 0.29) is 18.6 Å². The first-order valence-corrected chi connectivity index (χ1v) is 9.06. The summed E-state index contributed by atoms with van der Waals surface area (Å²) in [6.45, 7) is 0.921. The normalized spacial score (nSPS) is 9.90. The van der Waals surface area contributed by atoms with Crippen LogP contribution in [0.3, 0.4) is 0 Å². The van der Waals surface area contributed by atoms with Crippen molar-refractivity contribution in [1.29, 1.82) is 0 Å². The molecule has 0 aliphatic heterocycles. The molecular weight excluding hydrogens is 390 g/mol. The van der Waals surface area contributed by atoms with Gasteiger partial charge >= 0.3 is 5.97 Å². The molecule has 3 N–H and O–H groups in total. The van der Waals surface area contributed by atoms with Crippen molar-refractivity contribution in [2.24, 2.45) is 0 Å². The molecule has 9 nitrogen and oxygen atoms in total. The van der Waals surface area contributed by atoms with Crippen LogP contribution in [0.4, 0.5) is 5.69 Å². The smallest absolute Gasteiger partial charge is 0.306 e. The third-order valence-electron chi connectivity index (χ3n) is 3.85. The van der Waals surface area contributed by atoms with Crippen molar-refractivity contribution in [2.75, 3.05) is 11.9 Å². The van der Waals surface area contributed by atoms with Gasteiger partial charge in [0.15, 0.2) is 12.4 Å². The number of hydrogen-bond acceptors (Lipinski definition) is 6. The van der Waals surface area contributed by atoms with Gasteiger partial charge in [0.25, 0.3) is 11.8 Å². The highest BCUT2D eigenvalue weighted by Gasteiger charge is 2.12. The summed E-state index contributed by atoms with van der Waals surface area (Å²) < 4.78 is 4.81. The van der Waals surface area contributed by atoms with E-state index in [9.17, 15) is 24.0 Å². The number of carbonyl (C=O) groups excluding carboxylic acids is 5. The molecule has 0 unspecified atom stereocenters. The molecule has 2 rings (SSSR count). The van der Waals surface area contributed by atoms with Crippen molar-refractivity contribution in [1.82, 2.24) is 10.9 Å². The number of esters is 1. The Labute approximate surface area is 172 Å². The monoisotopic (exact) mass is 411 g/mol. The lowest BCUT2D eigenvalue weighted by Gasteiger charge is -2.08. The van der Waals surface area contributed by atoms with Gasteiger partial charge in [-0.25, -0.2) is 0 Å². The van der Waals surface area contributed by atoms with E-state index >= 15 is 0 Å². The number of ether oxygens (including phenoxy) is 1. The fourth-order valence-electron chi connectivity index (χ4n) is 2.27. The Kier molecular flexibility index (Phi) is 8.25. The molecule has 0 radical (unpaired) electrons. The van der Waals surface area contributed by atoms with Gasteiger partial charge in [0.05, 0.1) is 6.42 Å². The number of benzene rings is 2. The zero-order valence-corrected chi connectivity index (χ0v) is 16.3. The van der Waals surface area contributed by atoms with Gasteiger partial charge in [0.1, 0.15) is 0 Å². The van der Waals surface area contributed by atoms with Crippen molar-refractivity contribution in [3.05, 3.63) is 65.7 Å². The van der Waals surface area contributed by atoms with Gasteiger partial charge in [0.2, 0.25) is 5.91 Å². The largest absolute Gasteiger partial charge is 0.456 e. The highest BCUT2D eigenvalue weighted by atomic mass is 16.5. The summed E-state index contributed by atoms with van der Waals surface area (Å²) in [5, 5.41) is 2.52. The molecule has 0 saturated carbocycles. The van der Waals surface area contributed by atoms with E-state index < -0.39 is 30.3 Å². The van der Waals surface area contributed by atoms with E-state index in [1.54, 1.807) is 54.6 Å². The van der Waals surface area contributed by atoms with E-state index in [1.165, 1.54) is 6.92 Å². The van der Waals surface area contributed by atoms with Crippen LogP contribution in [0.15, 0.2) is 54.6 Å². The molecular formula is C21H21N3O6. The number of carbonyl (C=O) groups is 5. The summed E-state index contributed by atoms with van der Waals surface area (Å²) in [6, 6.07) is 14.6. The minimum Gasteiger partial charge on any atom is -0.456 e. The summed E-state index contributed by atoms with van der Waals surface area (Å²) in [5.74, 6) is -2.45. The number of nitrogens with one attached hydrogen (secondary N) is 3. The third kappa shape index (κ3) is 7.55.